The van der Waals surface area contributed by atoms with Gasteiger partial charge < -0.3 is 0 Å². The Morgan fingerprint density at radius 1 is 1.50 bits per heavy atom. The minimum atomic E-state index is -3.54. The summed E-state index contributed by atoms with van der Waals surface area (Å²) >= 11 is 0. The Morgan fingerprint density at radius 3 is 2.83 bits per heavy atom. The molecule has 1 aliphatic heterocycles. The number of amides is 1. The van der Waals surface area contributed by atoms with Crippen LogP contribution in [0.3, 0.4) is 0 Å². The Kier molecular flexibility index (Phi) is 3.36. The summed E-state index contributed by atoms with van der Waals surface area (Å²) in [6, 6.07) is 5.40. The molecule has 1 aromatic heterocycles. The van der Waals surface area contributed by atoms with Gasteiger partial charge >= 0.3 is 0 Å². The van der Waals surface area contributed by atoms with Crippen molar-refractivity contribution in [2.45, 2.75) is 13.3 Å². The first-order valence-corrected chi connectivity index (χ1v) is 7.31. The molecule has 7 heteroatoms. The number of sulfonamides is 1. The minimum Gasteiger partial charge on any atom is -0.296 e. The zero-order valence-electron chi connectivity index (χ0n) is 10.0. The largest absolute Gasteiger partial charge is 0.296 e. The lowest BCUT2D eigenvalue weighted by Gasteiger charge is -2.15. The average Bonchev–Trinajstić information content (AvgIpc) is 2.56. The Hall–Kier alpha value is -1.47. The molecule has 2 rings (SSSR count). The van der Waals surface area contributed by atoms with E-state index in [1.807, 2.05) is 19.1 Å². The minimum absolute atomic E-state index is 0.109. The summed E-state index contributed by atoms with van der Waals surface area (Å²) in [6.45, 7) is 2.19. The summed E-state index contributed by atoms with van der Waals surface area (Å²) in [5.41, 5.74) is 0.815. The van der Waals surface area contributed by atoms with Crippen molar-refractivity contribution in [3.63, 3.8) is 0 Å². The molecule has 1 fully saturated rings. The van der Waals surface area contributed by atoms with Gasteiger partial charge in [0.1, 0.15) is 5.82 Å². The van der Waals surface area contributed by atoms with Crippen molar-refractivity contribution >= 4 is 21.7 Å². The molecule has 1 unspecified atom stereocenters. The predicted molar refractivity (Wildman–Crippen MR) is 67.4 cm³/mol. The highest BCUT2D eigenvalue weighted by molar-refractivity contribution is 7.89. The molecule has 0 saturated carbocycles. The molecule has 1 amide bonds. The maximum Gasteiger partial charge on any atom is 0.228 e. The molecule has 0 bridgehead atoms. The molecule has 1 aromatic rings. The smallest absolute Gasteiger partial charge is 0.228 e. The normalized spacial score (nSPS) is 20.4. The maximum absolute atomic E-state index is 11.8. The number of hydrogen-bond donors (Lipinski definition) is 1. The Bertz CT molecular complexity index is 571. The van der Waals surface area contributed by atoms with E-state index in [0.717, 1.165) is 5.69 Å². The monoisotopic (exact) mass is 269 g/mol. The van der Waals surface area contributed by atoms with E-state index >= 15 is 0 Å². The van der Waals surface area contributed by atoms with Crippen molar-refractivity contribution in [2.24, 2.45) is 11.1 Å². The highest BCUT2D eigenvalue weighted by Crippen LogP contribution is 2.24. The van der Waals surface area contributed by atoms with Crippen LogP contribution in [0, 0.1) is 12.8 Å². The van der Waals surface area contributed by atoms with Crippen LogP contribution in [0.2, 0.25) is 0 Å². The summed E-state index contributed by atoms with van der Waals surface area (Å²) < 4.78 is 22.0. The third kappa shape index (κ3) is 3.05. The van der Waals surface area contributed by atoms with Crippen LogP contribution in [0.1, 0.15) is 12.1 Å². The number of rotatable bonds is 3. The number of pyridine rings is 1. The molecule has 0 aliphatic carbocycles. The van der Waals surface area contributed by atoms with Gasteiger partial charge in [0, 0.05) is 24.6 Å². The van der Waals surface area contributed by atoms with Crippen molar-refractivity contribution < 1.29 is 13.2 Å². The van der Waals surface area contributed by atoms with E-state index in [1.165, 1.54) is 4.90 Å². The Balaban J connectivity index is 2.15. The van der Waals surface area contributed by atoms with Gasteiger partial charge in [0.15, 0.2) is 0 Å². The van der Waals surface area contributed by atoms with Crippen LogP contribution in [-0.2, 0) is 14.8 Å². The highest BCUT2D eigenvalue weighted by Gasteiger charge is 2.33. The molecule has 2 N–H and O–H groups in total. The first-order chi connectivity index (χ1) is 8.35. The van der Waals surface area contributed by atoms with Gasteiger partial charge in [-0.25, -0.2) is 18.5 Å². The molecule has 0 spiro atoms. The molecule has 98 valence electrons. The van der Waals surface area contributed by atoms with Crippen LogP contribution >= 0.6 is 0 Å². The number of primary sulfonamides is 1. The number of carbonyl (C=O) groups excluding carboxylic acids is 1. The van der Waals surface area contributed by atoms with Gasteiger partial charge in [-0.3, -0.25) is 9.69 Å². The van der Waals surface area contributed by atoms with Gasteiger partial charge in [-0.05, 0) is 19.1 Å². The standard InChI is InChI=1S/C11H15N3O3S/c1-8-3-2-4-10(13-8)14-6-9(5-11(14)15)7-18(12,16)17/h2-4,9H,5-7H2,1H3,(H2,12,16,17). The second-order valence-corrected chi connectivity index (χ2v) is 6.20. The number of nitrogens with two attached hydrogens (primary N) is 1. The lowest BCUT2D eigenvalue weighted by molar-refractivity contribution is -0.117. The van der Waals surface area contributed by atoms with Crippen LogP contribution in [0.25, 0.3) is 0 Å². The van der Waals surface area contributed by atoms with Gasteiger partial charge in [-0.1, -0.05) is 6.07 Å². The van der Waals surface area contributed by atoms with Crippen molar-refractivity contribution in [1.82, 2.24) is 4.98 Å². The van der Waals surface area contributed by atoms with Crippen LogP contribution in [0.15, 0.2) is 18.2 Å². The zero-order valence-corrected chi connectivity index (χ0v) is 10.9. The fourth-order valence-electron chi connectivity index (χ4n) is 2.12. The summed E-state index contributed by atoms with van der Waals surface area (Å²) in [5, 5.41) is 5.00. The lowest BCUT2D eigenvalue weighted by atomic mass is 10.1. The molecule has 0 radical (unpaired) electrons. The molecule has 2 heterocycles. The SMILES string of the molecule is Cc1cccc(N2CC(CS(N)(=O)=O)CC2=O)n1. The van der Waals surface area contributed by atoms with E-state index in [9.17, 15) is 13.2 Å². The fraction of sp³-hybridized carbons (Fsp3) is 0.455. The molecule has 6 nitrogen and oxygen atoms in total. The molecule has 18 heavy (non-hydrogen) atoms. The molecule has 1 aliphatic rings. The lowest BCUT2D eigenvalue weighted by Crippen LogP contribution is -2.28. The van der Waals surface area contributed by atoms with E-state index in [1.54, 1.807) is 6.07 Å². The number of anilines is 1. The Morgan fingerprint density at radius 2 is 2.22 bits per heavy atom. The van der Waals surface area contributed by atoms with Gasteiger partial charge in [0.2, 0.25) is 15.9 Å². The van der Waals surface area contributed by atoms with Crippen LogP contribution in [-0.4, -0.2) is 31.6 Å². The van der Waals surface area contributed by atoms with Crippen molar-refractivity contribution in [3.8, 4) is 0 Å². The van der Waals surface area contributed by atoms with E-state index in [-0.39, 0.29) is 24.0 Å². The van der Waals surface area contributed by atoms with Crippen molar-refractivity contribution in [2.75, 3.05) is 17.2 Å². The highest BCUT2D eigenvalue weighted by atomic mass is 32.2. The van der Waals surface area contributed by atoms with Gasteiger partial charge in [0.05, 0.1) is 5.75 Å². The van der Waals surface area contributed by atoms with Crippen LogP contribution in [0.4, 0.5) is 5.82 Å². The van der Waals surface area contributed by atoms with Gasteiger partial charge in [0.25, 0.3) is 0 Å². The number of nitrogens with zero attached hydrogens (tertiary/aromatic N) is 2. The Labute approximate surface area is 106 Å². The van der Waals surface area contributed by atoms with Crippen molar-refractivity contribution in [1.29, 1.82) is 0 Å². The van der Waals surface area contributed by atoms with E-state index in [0.29, 0.717) is 12.4 Å². The quantitative estimate of drug-likeness (QED) is 0.837. The fourth-order valence-corrected chi connectivity index (χ4v) is 3.00. The van der Waals surface area contributed by atoms with Crippen LogP contribution < -0.4 is 10.0 Å². The van der Waals surface area contributed by atoms with Gasteiger partial charge in [-0.2, -0.15) is 0 Å². The summed E-state index contributed by atoms with van der Waals surface area (Å²) in [4.78, 5) is 17.6. The number of hydrogen-bond acceptors (Lipinski definition) is 4. The third-order valence-electron chi connectivity index (χ3n) is 2.82. The van der Waals surface area contributed by atoms with Crippen molar-refractivity contribution in [3.05, 3.63) is 23.9 Å². The zero-order chi connectivity index (χ0) is 13.3. The topological polar surface area (TPSA) is 93.4 Å². The van der Waals surface area contributed by atoms with Gasteiger partial charge in [-0.15, -0.1) is 0 Å². The molecule has 1 atom stereocenters. The van der Waals surface area contributed by atoms with E-state index < -0.39 is 10.0 Å². The number of carbonyl (C=O) groups is 1. The molecule has 1 saturated heterocycles. The second-order valence-electron chi connectivity index (χ2n) is 4.54. The summed E-state index contributed by atoms with van der Waals surface area (Å²) in [6.07, 6.45) is 0.200. The van der Waals surface area contributed by atoms with E-state index in [2.05, 4.69) is 4.98 Å². The first-order valence-electron chi connectivity index (χ1n) is 5.59. The molecular weight excluding hydrogens is 254 g/mol. The second kappa shape index (κ2) is 4.66. The first kappa shape index (κ1) is 13.0. The summed E-state index contributed by atoms with van der Waals surface area (Å²) in [7, 11) is -3.54. The van der Waals surface area contributed by atoms with E-state index in [4.69, 9.17) is 5.14 Å². The van der Waals surface area contributed by atoms with Crippen LogP contribution in [0.5, 0.6) is 0 Å². The third-order valence-corrected chi connectivity index (χ3v) is 3.76. The number of aromatic nitrogens is 1. The molecular formula is C11H15N3O3S. The average molecular weight is 269 g/mol. The summed E-state index contributed by atoms with van der Waals surface area (Å²) in [5.74, 6) is 0.0367. The maximum atomic E-state index is 11.8. The number of aryl methyl sites for hydroxylation is 1. The predicted octanol–water partition coefficient (Wildman–Crippen LogP) is 0.0314. The molecule has 0 aromatic carbocycles.